The third kappa shape index (κ3) is 7.50. The highest BCUT2D eigenvalue weighted by molar-refractivity contribution is 6.76. The van der Waals surface area contributed by atoms with Crippen LogP contribution >= 0.6 is 0 Å². The van der Waals surface area contributed by atoms with E-state index in [0.717, 1.165) is 28.3 Å². The smallest absolute Gasteiger partial charge is 0.412 e. The van der Waals surface area contributed by atoms with Crippen molar-refractivity contribution in [2.24, 2.45) is 0 Å². The molecule has 10 heteroatoms. The molecular formula is C28H33N5O4Si. The third-order valence-electron chi connectivity index (χ3n) is 5.81. The van der Waals surface area contributed by atoms with Gasteiger partial charge in [0.2, 0.25) is 0 Å². The second-order valence-corrected chi connectivity index (χ2v) is 15.6. The Bertz CT molecular complexity index is 1350. The Kier molecular flexibility index (Phi) is 8.88. The SMILES string of the molecule is COc1ccc(OC(=O)NCc2ccccc2)cc1-c1cncc(-c2nncn2COCC[Si](C)(C)C)c1. The lowest BCUT2D eigenvalue weighted by molar-refractivity contribution is 0.0880. The van der Waals surface area contributed by atoms with Crippen molar-refractivity contribution in [1.82, 2.24) is 25.1 Å². The van der Waals surface area contributed by atoms with E-state index in [1.54, 1.807) is 44.0 Å². The Balaban J connectivity index is 1.49. The summed E-state index contributed by atoms with van der Waals surface area (Å²) >= 11 is 0. The second-order valence-electron chi connectivity index (χ2n) is 10.0. The third-order valence-corrected chi connectivity index (χ3v) is 7.52. The van der Waals surface area contributed by atoms with Gasteiger partial charge in [0.1, 0.15) is 24.6 Å². The molecule has 198 valence electrons. The molecule has 0 aliphatic rings. The van der Waals surface area contributed by atoms with Crippen molar-refractivity contribution in [3.63, 3.8) is 0 Å². The minimum absolute atomic E-state index is 0.363. The summed E-state index contributed by atoms with van der Waals surface area (Å²) in [5, 5.41) is 11.1. The van der Waals surface area contributed by atoms with Crippen LogP contribution in [0.25, 0.3) is 22.5 Å². The van der Waals surface area contributed by atoms with E-state index in [-0.39, 0.29) is 0 Å². The molecule has 0 bridgehead atoms. The van der Waals surface area contributed by atoms with Crippen LogP contribution in [0, 0.1) is 0 Å². The largest absolute Gasteiger partial charge is 0.496 e. The summed E-state index contributed by atoms with van der Waals surface area (Å²) in [7, 11) is 0.426. The van der Waals surface area contributed by atoms with Gasteiger partial charge in [-0.25, -0.2) is 4.79 Å². The molecular weight excluding hydrogens is 498 g/mol. The van der Waals surface area contributed by atoms with E-state index in [1.165, 1.54) is 0 Å². The van der Waals surface area contributed by atoms with Crippen molar-refractivity contribution in [1.29, 1.82) is 0 Å². The monoisotopic (exact) mass is 531 g/mol. The van der Waals surface area contributed by atoms with E-state index >= 15 is 0 Å². The molecule has 0 atom stereocenters. The lowest BCUT2D eigenvalue weighted by atomic mass is 10.0. The zero-order valence-corrected chi connectivity index (χ0v) is 23.2. The molecule has 2 heterocycles. The van der Waals surface area contributed by atoms with Crippen molar-refractivity contribution in [3.8, 4) is 34.0 Å². The quantitative estimate of drug-likeness (QED) is 0.198. The Labute approximate surface area is 223 Å². The summed E-state index contributed by atoms with van der Waals surface area (Å²) in [6.07, 6.45) is 4.57. The Hall–Kier alpha value is -4.02. The number of pyridine rings is 1. The van der Waals surface area contributed by atoms with Gasteiger partial charge in [-0.2, -0.15) is 0 Å². The molecule has 0 aliphatic heterocycles. The van der Waals surface area contributed by atoms with Crippen LogP contribution in [0.1, 0.15) is 5.56 Å². The van der Waals surface area contributed by atoms with Crippen LogP contribution in [-0.4, -0.2) is 47.6 Å². The number of nitrogens with zero attached hydrogens (tertiary/aromatic N) is 4. The van der Waals surface area contributed by atoms with Gasteiger partial charge >= 0.3 is 6.09 Å². The molecule has 0 radical (unpaired) electrons. The van der Waals surface area contributed by atoms with Gasteiger partial charge in [-0.3, -0.25) is 9.55 Å². The zero-order chi connectivity index (χ0) is 27.0. The highest BCUT2D eigenvalue weighted by Crippen LogP contribution is 2.34. The van der Waals surface area contributed by atoms with Crippen molar-refractivity contribution < 1.29 is 19.0 Å². The maximum atomic E-state index is 12.4. The lowest BCUT2D eigenvalue weighted by Crippen LogP contribution is -2.26. The number of carbonyl (C=O) groups excluding carboxylic acids is 1. The summed E-state index contributed by atoms with van der Waals surface area (Å²) in [6, 6.07) is 17.9. The molecule has 2 aromatic carbocycles. The topological polar surface area (TPSA) is 100 Å². The number of aromatic nitrogens is 4. The van der Waals surface area contributed by atoms with Gasteiger partial charge in [0.05, 0.1) is 7.11 Å². The molecule has 0 aliphatic carbocycles. The molecule has 0 saturated heterocycles. The molecule has 1 N–H and O–H groups in total. The maximum absolute atomic E-state index is 12.4. The summed E-state index contributed by atoms with van der Waals surface area (Å²) in [6.45, 7) is 8.41. The highest BCUT2D eigenvalue weighted by Gasteiger charge is 2.15. The van der Waals surface area contributed by atoms with Gasteiger partial charge in [-0.15, -0.1) is 10.2 Å². The molecule has 0 fully saturated rings. The summed E-state index contributed by atoms with van der Waals surface area (Å²) in [5.41, 5.74) is 3.27. The number of hydrogen-bond donors (Lipinski definition) is 1. The van der Waals surface area contributed by atoms with Crippen LogP contribution in [0.4, 0.5) is 4.79 Å². The molecule has 4 rings (SSSR count). The maximum Gasteiger partial charge on any atom is 0.412 e. The number of hydrogen-bond acceptors (Lipinski definition) is 7. The van der Waals surface area contributed by atoms with Gasteiger partial charge < -0.3 is 19.5 Å². The van der Waals surface area contributed by atoms with Gasteiger partial charge in [0, 0.05) is 50.3 Å². The van der Waals surface area contributed by atoms with E-state index in [2.05, 4.69) is 40.1 Å². The average Bonchev–Trinajstić information content (AvgIpc) is 3.39. The normalized spacial score (nSPS) is 11.3. The predicted octanol–water partition coefficient (Wildman–Crippen LogP) is 5.62. The molecule has 4 aromatic rings. The minimum atomic E-state index is -1.17. The Morgan fingerprint density at radius 3 is 2.58 bits per heavy atom. The molecule has 0 unspecified atom stereocenters. The molecule has 2 aromatic heterocycles. The Morgan fingerprint density at radius 1 is 1.03 bits per heavy atom. The van der Waals surface area contributed by atoms with Crippen molar-refractivity contribution in [3.05, 3.63) is 78.9 Å². The Morgan fingerprint density at radius 2 is 1.82 bits per heavy atom. The summed E-state index contributed by atoms with van der Waals surface area (Å²) in [5.74, 6) is 1.66. The number of ether oxygens (including phenoxy) is 3. The number of amides is 1. The predicted molar refractivity (Wildman–Crippen MR) is 149 cm³/mol. The number of rotatable bonds is 11. The van der Waals surface area contributed by atoms with Crippen molar-refractivity contribution >= 4 is 14.2 Å². The first-order valence-electron chi connectivity index (χ1n) is 12.4. The standard InChI is InChI=1S/C28H33N5O4Si/c1-35-26-11-10-24(37-28(34)30-16-21-8-6-5-7-9-21)15-25(26)22-14-23(18-29-17-22)27-32-31-19-33(27)20-36-12-13-38(2,3)4/h5-11,14-15,17-19H,12-13,16,20H2,1-4H3,(H,30,34). The molecule has 0 saturated carbocycles. The van der Waals surface area contributed by atoms with E-state index in [9.17, 15) is 4.79 Å². The molecule has 1 amide bonds. The van der Waals surface area contributed by atoms with Crippen molar-refractivity contribution in [2.45, 2.75) is 39.0 Å². The fourth-order valence-electron chi connectivity index (χ4n) is 3.71. The van der Waals surface area contributed by atoms with Crippen molar-refractivity contribution in [2.75, 3.05) is 13.7 Å². The van der Waals surface area contributed by atoms with Crippen LogP contribution in [0.3, 0.4) is 0 Å². The van der Waals surface area contributed by atoms with Crippen LogP contribution in [0.15, 0.2) is 73.3 Å². The van der Waals surface area contributed by atoms with Gasteiger partial charge in [-0.1, -0.05) is 50.0 Å². The van der Waals surface area contributed by atoms with Gasteiger partial charge in [-0.05, 0) is 35.9 Å². The minimum Gasteiger partial charge on any atom is -0.496 e. The van der Waals surface area contributed by atoms with E-state index in [1.807, 2.05) is 41.0 Å². The van der Waals surface area contributed by atoms with Crippen LogP contribution < -0.4 is 14.8 Å². The van der Waals surface area contributed by atoms with E-state index in [4.69, 9.17) is 14.2 Å². The van der Waals surface area contributed by atoms with E-state index < -0.39 is 14.2 Å². The first-order valence-corrected chi connectivity index (χ1v) is 16.1. The fourth-order valence-corrected chi connectivity index (χ4v) is 4.47. The van der Waals surface area contributed by atoms with Gasteiger partial charge in [0.25, 0.3) is 0 Å². The number of benzene rings is 2. The first kappa shape index (κ1) is 27.0. The van der Waals surface area contributed by atoms with Crippen LogP contribution in [-0.2, 0) is 18.0 Å². The fraction of sp³-hybridized carbons (Fsp3) is 0.286. The average molecular weight is 532 g/mol. The number of methoxy groups -OCH3 is 1. The molecule has 0 spiro atoms. The second kappa shape index (κ2) is 12.5. The molecule has 38 heavy (non-hydrogen) atoms. The molecule has 9 nitrogen and oxygen atoms in total. The number of carbonyl (C=O) groups is 1. The highest BCUT2D eigenvalue weighted by atomic mass is 28.3. The number of nitrogens with one attached hydrogen (secondary N) is 1. The van der Waals surface area contributed by atoms with Gasteiger partial charge in [0.15, 0.2) is 5.82 Å². The van der Waals surface area contributed by atoms with Crippen LogP contribution in [0.5, 0.6) is 11.5 Å². The lowest BCUT2D eigenvalue weighted by Gasteiger charge is -2.16. The summed E-state index contributed by atoms with van der Waals surface area (Å²) < 4.78 is 18.9. The zero-order valence-electron chi connectivity index (χ0n) is 22.2. The summed E-state index contributed by atoms with van der Waals surface area (Å²) in [4.78, 5) is 16.8. The van der Waals surface area contributed by atoms with Crippen LogP contribution in [0.2, 0.25) is 25.7 Å². The van der Waals surface area contributed by atoms with E-state index in [0.29, 0.717) is 37.2 Å². The first-order chi connectivity index (χ1) is 18.3.